The van der Waals surface area contributed by atoms with Crippen molar-refractivity contribution in [3.8, 4) is 0 Å². The van der Waals surface area contributed by atoms with Gasteiger partial charge in [0.15, 0.2) is 0 Å². The van der Waals surface area contributed by atoms with E-state index in [2.05, 4.69) is 23.8 Å². The second kappa shape index (κ2) is 5.30. The number of nitrogens with zero attached hydrogens (tertiary/aromatic N) is 2. The molecule has 0 amide bonds. The SMILES string of the molecule is Cc1nc(CSC(C)C)nc(C)c1C(=O)O. The highest BCUT2D eigenvalue weighted by Crippen LogP contribution is 2.17. The Balaban J connectivity index is 2.96. The minimum absolute atomic E-state index is 0.221. The van der Waals surface area contributed by atoms with Crippen LogP contribution in [0.15, 0.2) is 0 Å². The average molecular weight is 240 g/mol. The number of carboxylic acids is 1. The number of thioether (sulfide) groups is 1. The average Bonchev–Trinajstić information content (AvgIpc) is 2.12. The summed E-state index contributed by atoms with van der Waals surface area (Å²) in [5, 5.41) is 9.49. The summed E-state index contributed by atoms with van der Waals surface area (Å²) in [5.41, 5.74) is 1.30. The summed E-state index contributed by atoms with van der Waals surface area (Å²) in [6, 6.07) is 0. The molecule has 0 aliphatic heterocycles. The Bertz CT molecular complexity index is 382. The maximum Gasteiger partial charge on any atom is 0.339 e. The number of carboxylic acid groups (broad SMARTS) is 1. The molecule has 1 heterocycles. The second-order valence-corrected chi connectivity index (χ2v) is 5.42. The van der Waals surface area contributed by atoms with Gasteiger partial charge in [-0.15, -0.1) is 0 Å². The summed E-state index contributed by atoms with van der Waals surface area (Å²) >= 11 is 1.74. The van der Waals surface area contributed by atoms with Gasteiger partial charge in [0.1, 0.15) is 11.4 Å². The third kappa shape index (κ3) is 3.20. The summed E-state index contributed by atoms with van der Waals surface area (Å²) < 4.78 is 0. The minimum atomic E-state index is -0.960. The van der Waals surface area contributed by atoms with Crippen molar-refractivity contribution in [3.05, 3.63) is 22.8 Å². The lowest BCUT2D eigenvalue weighted by atomic mass is 10.2. The summed E-state index contributed by atoms with van der Waals surface area (Å²) in [6.07, 6.45) is 0. The van der Waals surface area contributed by atoms with Crippen molar-refractivity contribution in [2.45, 2.75) is 38.7 Å². The van der Waals surface area contributed by atoms with Crippen LogP contribution in [0.2, 0.25) is 0 Å². The third-order valence-corrected chi connectivity index (χ3v) is 3.17. The predicted octanol–water partition coefficient (Wildman–Crippen LogP) is 2.43. The fraction of sp³-hybridized carbons (Fsp3) is 0.545. The Morgan fingerprint density at radius 1 is 1.31 bits per heavy atom. The normalized spacial score (nSPS) is 10.8. The van der Waals surface area contributed by atoms with Gasteiger partial charge >= 0.3 is 5.97 Å². The Morgan fingerprint density at radius 3 is 2.19 bits per heavy atom. The lowest BCUT2D eigenvalue weighted by Crippen LogP contribution is -2.10. The van der Waals surface area contributed by atoms with E-state index in [1.165, 1.54) is 0 Å². The van der Waals surface area contributed by atoms with Crippen molar-refractivity contribution in [2.75, 3.05) is 0 Å². The molecule has 1 aromatic heterocycles. The monoisotopic (exact) mass is 240 g/mol. The molecular weight excluding hydrogens is 224 g/mol. The molecule has 4 nitrogen and oxygen atoms in total. The zero-order valence-electron chi connectivity index (χ0n) is 9.94. The third-order valence-electron chi connectivity index (χ3n) is 2.08. The second-order valence-electron chi connectivity index (χ2n) is 3.85. The van der Waals surface area contributed by atoms with E-state index in [9.17, 15) is 4.79 Å². The number of carbonyl (C=O) groups is 1. The molecule has 0 bridgehead atoms. The Labute approximate surface area is 99.5 Å². The number of aromatic nitrogens is 2. The zero-order chi connectivity index (χ0) is 12.3. The first-order chi connectivity index (χ1) is 7.41. The number of rotatable bonds is 4. The highest BCUT2D eigenvalue weighted by molar-refractivity contribution is 7.99. The molecule has 1 aromatic rings. The number of aromatic carboxylic acids is 1. The van der Waals surface area contributed by atoms with Crippen molar-refractivity contribution < 1.29 is 9.90 Å². The van der Waals surface area contributed by atoms with Gasteiger partial charge < -0.3 is 5.11 Å². The van der Waals surface area contributed by atoms with E-state index < -0.39 is 5.97 Å². The summed E-state index contributed by atoms with van der Waals surface area (Å²) in [4.78, 5) is 19.4. The molecule has 0 aromatic carbocycles. The van der Waals surface area contributed by atoms with Crippen LogP contribution in [0.25, 0.3) is 0 Å². The smallest absolute Gasteiger partial charge is 0.339 e. The first-order valence-electron chi connectivity index (χ1n) is 5.10. The quantitative estimate of drug-likeness (QED) is 0.875. The van der Waals surface area contributed by atoms with Crippen molar-refractivity contribution in [2.24, 2.45) is 0 Å². The van der Waals surface area contributed by atoms with Gasteiger partial charge in [0.25, 0.3) is 0 Å². The van der Waals surface area contributed by atoms with Crippen molar-refractivity contribution >= 4 is 17.7 Å². The topological polar surface area (TPSA) is 63.1 Å². The van der Waals surface area contributed by atoms with Crippen LogP contribution in [0.1, 0.15) is 41.4 Å². The molecule has 0 aliphatic rings. The van der Waals surface area contributed by atoms with Crippen LogP contribution < -0.4 is 0 Å². The first kappa shape index (κ1) is 13.0. The molecule has 0 unspecified atom stereocenters. The van der Waals surface area contributed by atoms with E-state index in [4.69, 9.17) is 5.11 Å². The molecule has 88 valence electrons. The molecule has 0 aliphatic carbocycles. The highest BCUT2D eigenvalue weighted by Gasteiger charge is 2.14. The van der Waals surface area contributed by atoms with Crippen LogP contribution in [-0.2, 0) is 5.75 Å². The maximum absolute atomic E-state index is 10.9. The van der Waals surface area contributed by atoms with Crippen LogP contribution in [0.4, 0.5) is 0 Å². The largest absolute Gasteiger partial charge is 0.478 e. The standard InChI is InChI=1S/C11H16N2O2S/c1-6(2)16-5-9-12-7(3)10(11(14)15)8(4)13-9/h6H,5H2,1-4H3,(H,14,15). The highest BCUT2D eigenvalue weighted by atomic mass is 32.2. The van der Waals surface area contributed by atoms with Gasteiger partial charge in [0.05, 0.1) is 17.1 Å². The van der Waals surface area contributed by atoms with Gasteiger partial charge in [-0.3, -0.25) is 0 Å². The van der Waals surface area contributed by atoms with E-state index in [1.54, 1.807) is 25.6 Å². The molecule has 0 radical (unpaired) electrons. The molecule has 0 spiro atoms. The van der Waals surface area contributed by atoms with E-state index >= 15 is 0 Å². The van der Waals surface area contributed by atoms with Crippen LogP contribution in [0, 0.1) is 13.8 Å². The van der Waals surface area contributed by atoms with Gasteiger partial charge in [-0.05, 0) is 19.1 Å². The number of hydrogen-bond donors (Lipinski definition) is 1. The molecule has 1 N–H and O–H groups in total. The van der Waals surface area contributed by atoms with Crippen LogP contribution in [-0.4, -0.2) is 26.3 Å². The zero-order valence-corrected chi connectivity index (χ0v) is 10.8. The van der Waals surface area contributed by atoms with Crippen molar-refractivity contribution in [3.63, 3.8) is 0 Å². The van der Waals surface area contributed by atoms with E-state index in [0.29, 0.717) is 22.5 Å². The van der Waals surface area contributed by atoms with Crippen LogP contribution in [0.3, 0.4) is 0 Å². The molecule has 5 heteroatoms. The van der Waals surface area contributed by atoms with E-state index in [-0.39, 0.29) is 5.56 Å². The Morgan fingerprint density at radius 2 is 1.81 bits per heavy atom. The van der Waals surface area contributed by atoms with Gasteiger partial charge in [0, 0.05) is 0 Å². The van der Waals surface area contributed by atoms with Crippen LogP contribution in [0.5, 0.6) is 0 Å². The lowest BCUT2D eigenvalue weighted by molar-refractivity contribution is 0.0694. The first-order valence-corrected chi connectivity index (χ1v) is 6.15. The Kier molecular flexibility index (Phi) is 4.29. The number of hydrogen-bond acceptors (Lipinski definition) is 4. The van der Waals surface area contributed by atoms with E-state index in [0.717, 1.165) is 5.75 Å². The molecule has 16 heavy (non-hydrogen) atoms. The lowest BCUT2D eigenvalue weighted by Gasteiger charge is -2.08. The minimum Gasteiger partial charge on any atom is -0.478 e. The van der Waals surface area contributed by atoms with Gasteiger partial charge in [-0.2, -0.15) is 11.8 Å². The summed E-state index contributed by atoms with van der Waals surface area (Å²) in [6.45, 7) is 7.63. The van der Waals surface area contributed by atoms with Gasteiger partial charge in [0.2, 0.25) is 0 Å². The fourth-order valence-corrected chi connectivity index (χ4v) is 2.01. The molecule has 0 saturated heterocycles. The maximum atomic E-state index is 10.9. The van der Waals surface area contributed by atoms with Crippen LogP contribution >= 0.6 is 11.8 Å². The van der Waals surface area contributed by atoms with Gasteiger partial charge in [-0.25, -0.2) is 14.8 Å². The molecular formula is C11H16N2O2S. The van der Waals surface area contributed by atoms with Crippen molar-refractivity contribution in [1.29, 1.82) is 0 Å². The van der Waals surface area contributed by atoms with E-state index in [1.807, 2.05) is 0 Å². The fourth-order valence-electron chi connectivity index (χ4n) is 1.40. The molecule has 0 saturated carbocycles. The molecule has 0 fully saturated rings. The summed E-state index contributed by atoms with van der Waals surface area (Å²) in [7, 11) is 0. The molecule has 0 atom stereocenters. The van der Waals surface area contributed by atoms with Crippen molar-refractivity contribution in [1.82, 2.24) is 9.97 Å². The molecule has 1 rings (SSSR count). The predicted molar refractivity (Wildman–Crippen MR) is 64.9 cm³/mol. The van der Waals surface area contributed by atoms with Gasteiger partial charge in [-0.1, -0.05) is 13.8 Å². The summed E-state index contributed by atoms with van der Waals surface area (Å²) in [5.74, 6) is 0.468. The Hall–Kier alpha value is -1.10. The number of aryl methyl sites for hydroxylation is 2.